The monoisotopic (exact) mass is 668 g/mol. The Kier molecular flexibility index (Phi) is 24.9. The average molecular weight is 669 g/mol. The topological polar surface area (TPSA) is 151 Å². The molecule has 0 heterocycles. The number of ketones is 1. The Balaban J connectivity index is 2.19. The highest BCUT2D eigenvalue weighted by Crippen LogP contribution is 2.36. The van der Waals surface area contributed by atoms with Crippen molar-refractivity contribution in [3.05, 3.63) is 12.2 Å². The van der Waals surface area contributed by atoms with Crippen LogP contribution in [0.5, 0.6) is 0 Å². The van der Waals surface area contributed by atoms with Gasteiger partial charge in [0.05, 0.1) is 24.9 Å². The molecule has 6 atom stereocenters. The van der Waals surface area contributed by atoms with Crippen molar-refractivity contribution in [1.29, 1.82) is 0 Å². The lowest BCUT2D eigenvalue weighted by molar-refractivity contribution is -0.161. The van der Waals surface area contributed by atoms with E-state index < -0.39 is 48.8 Å². The molecular weight excluding hydrogens is 600 g/mol. The van der Waals surface area contributed by atoms with Crippen molar-refractivity contribution >= 4 is 17.7 Å². The number of hydrogen-bond acceptors (Lipinski definition) is 9. The van der Waals surface area contributed by atoms with E-state index in [1.165, 1.54) is 44.9 Å². The molecule has 9 heteroatoms. The van der Waals surface area contributed by atoms with Crippen molar-refractivity contribution in [3.8, 4) is 0 Å². The van der Waals surface area contributed by atoms with Crippen molar-refractivity contribution < 1.29 is 44.3 Å². The van der Waals surface area contributed by atoms with E-state index >= 15 is 0 Å². The average Bonchev–Trinajstić information content (AvgIpc) is 3.29. The lowest BCUT2D eigenvalue weighted by atomic mass is 9.87. The predicted molar refractivity (Wildman–Crippen MR) is 185 cm³/mol. The molecule has 9 nitrogen and oxygen atoms in total. The van der Waals surface area contributed by atoms with E-state index in [4.69, 9.17) is 9.47 Å². The van der Waals surface area contributed by atoms with E-state index in [9.17, 15) is 34.8 Å². The van der Waals surface area contributed by atoms with E-state index in [0.29, 0.717) is 25.7 Å². The van der Waals surface area contributed by atoms with Crippen LogP contribution in [0.1, 0.15) is 156 Å². The number of aliphatic hydroxyl groups is 4. The summed E-state index contributed by atoms with van der Waals surface area (Å²) in [6.45, 7) is 6.00. The fraction of sp³-hybridized carbons (Fsp3) is 0.868. The first kappa shape index (κ1) is 43.2. The summed E-state index contributed by atoms with van der Waals surface area (Å²) in [5.74, 6) is -0.939. The minimum atomic E-state index is -0.918. The summed E-state index contributed by atoms with van der Waals surface area (Å²) in [6.07, 6.45) is 17.7. The molecule has 0 aromatic heterocycles. The number of ether oxygens (including phenoxy) is 2. The molecule has 0 aliphatic heterocycles. The van der Waals surface area contributed by atoms with Gasteiger partial charge in [-0.2, -0.15) is 0 Å². The Labute approximate surface area is 284 Å². The fourth-order valence-electron chi connectivity index (χ4n) is 6.26. The van der Waals surface area contributed by atoms with Crippen LogP contribution < -0.4 is 0 Å². The van der Waals surface area contributed by atoms with Gasteiger partial charge in [0.2, 0.25) is 0 Å². The van der Waals surface area contributed by atoms with Crippen LogP contribution in [0.15, 0.2) is 12.2 Å². The first-order valence-electron chi connectivity index (χ1n) is 18.8. The van der Waals surface area contributed by atoms with Crippen LogP contribution in [0.25, 0.3) is 0 Å². The normalized spacial score (nSPS) is 20.9. The van der Waals surface area contributed by atoms with E-state index in [0.717, 1.165) is 44.4 Å². The van der Waals surface area contributed by atoms with E-state index in [1.807, 2.05) is 0 Å². The molecule has 1 fully saturated rings. The van der Waals surface area contributed by atoms with Crippen LogP contribution in [0.4, 0.5) is 0 Å². The highest BCUT2D eigenvalue weighted by atomic mass is 16.6. The van der Waals surface area contributed by atoms with Gasteiger partial charge < -0.3 is 29.9 Å². The first-order chi connectivity index (χ1) is 22.6. The minimum Gasteiger partial charge on any atom is -0.462 e. The Hall–Kier alpha value is -1.81. The van der Waals surface area contributed by atoms with Gasteiger partial charge in [-0.1, -0.05) is 110 Å². The van der Waals surface area contributed by atoms with Crippen LogP contribution in [0.3, 0.4) is 0 Å². The summed E-state index contributed by atoms with van der Waals surface area (Å²) in [5, 5.41) is 40.6. The molecule has 0 aromatic carbocycles. The third kappa shape index (κ3) is 21.7. The van der Waals surface area contributed by atoms with Gasteiger partial charge in [-0.25, -0.2) is 0 Å². The molecule has 0 amide bonds. The summed E-state index contributed by atoms with van der Waals surface area (Å²) < 4.78 is 10.5. The van der Waals surface area contributed by atoms with E-state index in [2.05, 4.69) is 20.8 Å². The maximum atomic E-state index is 12.7. The number of unbranched alkanes of at least 4 members (excludes halogenated alkanes) is 11. The van der Waals surface area contributed by atoms with Crippen molar-refractivity contribution in [2.75, 3.05) is 13.2 Å². The summed E-state index contributed by atoms with van der Waals surface area (Å²) >= 11 is 0. The molecule has 1 aliphatic carbocycles. The van der Waals surface area contributed by atoms with Crippen molar-refractivity contribution in [2.45, 2.75) is 180 Å². The third-order valence-corrected chi connectivity index (χ3v) is 9.22. The van der Waals surface area contributed by atoms with Gasteiger partial charge in [0, 0.05) is 43.9 Å². The summed E-state index contributed by atoms with van der Waals surface area (Å²) in [6, 6.07) is 0. The first-order valence-corrected chi connectivity index (χ1v) is 18.8. The van der Waals surface area contributed by atoms with Gasteiger partial charge >= 0.3 is 11.9 Å². The molecule has 0 aromatic rings. The highest BCUT2D eigenvalue weighted by molar-refractivity contribution is 5.79. The van der Waals surface area contributed by atoms with Gasteiger partial charge in [0.1, 0.15) is 12.4 Å². The van der Waals surface area contributed by atoms with Crippen LogP contribution in [-0.2, 0) is 23.9 Å². The largest absolute Gasteiger partial charge is 0.462 e. The van der Waals surface area contributed by atoms with Crippen molar-refractivity contribution in [3.63, 3.8) is 0 Å². The molecule has 4 N–H and O–H groups in total. The molecule has 0 bridgehead atoms. The van der Waals surface area contributed by atoms with E-state index in [-0.39, 0.29) is 44.0 Å². The zero-order valence-corrected chi connectivity index (χ0v) is 29.8. The molecule has 0 saturated heterocycles. The molecule has 1 aliphatic rings. The Morgan fingerprint density at radius 1 is 0.766 bits per heavy atom. The molecule has 0 radical (unpaired) electrons. The molecule has 1 rings (SSSR count). The van der Waals surface area contributed by atoms with Crippen molar-refractivity contribution in [1.82, 2.24) is 0 Å². The zero-order chi connectivity index (χ0) is 34.9. The molecule has 0 spiro atoms. The number of carbonyl (C=O) groups is 3. The third-order valence-electron chi connectivity index (χ3n) is 9.22. The summed E-state index contributed by atoms with van der Waals surface area (Å²) in [7, 11) is 0. The van der Waals surface area contributed by atoms with Crippen LogP contribution >= 0.6 is 0 Å². The zero-order valence-electron chi connectivity index (χ0n) is 29.8. The van der Waals surface area contributed by atoms with Crippen LogP contribution in [0.2, 0.25) is 0 Å². The highest BCUT2D eigenvalue weighted by Gasteiger charge is 2.41. The number of Topliss-reactive ketones (excluding diaryl/α,β-unsaturated/α-hetero) is 1. The molecule has 0 unspecified atom stereocenters. The number of rotatable bonds is 29. The van der Waals surface area contributed by atoms with Gasteiger partial charge in [-0.15, -0.1) is 0 Å². The molecule has 47 heavy (non-hydrogen) atoms. The number of esters is 2. The number of carbonyl (C=O) groups excluding carboxylic acids is 3. The maximum Gasteiger partial charge on any atom is 0.306 e. The van der Waals surface area contributed by atoms with Gasteiger partial charge in [-0.05, 0) is 31.6 Å². The van der Waals surface area contributed by atoms with Gasteiger partial charge in [0.15, 0.2) is 6.10 Å². The second-order valence-corrected chi connectivity index (χ2v) is 14.1. The maximum absolute atomic E-state index is 12.7. The Morgan fingerprint density at radius 3 is 1.98 bits per heavy atom. The summed E-state index contributed by atoms with van der Waals surface area (Å²) in [4.78, 5) is 37.0. The van der Waals surface area contributed by atoms with Crippen LogP contribution in [0, 0.1) is 17.8 Å². The number of aliphatic hydroxyl groups excluding tert-OH is 4. The standard InChI is InChI=1S/C38H68O9/c1-4-5-13-19-30(40)23-24-33-34(36(43)26-35(33)42)25-31(41)20-16-17-22-38(45)47-32(27-39)28-46-37(44)21-15-12-10-8-6-7-9-11-14-18-29(2)3/h23-24,29-30,32-36,39-40,42-43H,4-22,25-28H2,1-3H3/b24-23+/t30-,32-,33+,34+,35+,36-/m0/s1. The smallest absolute Gasteiger partial charge is 0.306 e. The molecule has 1 saturated carbocycles. The molecule has 274 valence electrons. The van der Waals surface area contributed by atoms with Crippen LogP contribution in [-0.4, -0.2) is 75.8 Å². The summed E-state index contributed by atoms with van der Waals surface area (Å²) in [5.41, 5.74) is 0. The van der Waals surface area contributed by atoms with Gasteiger partial charge in [0.25, 0.3) is 0 Å². The lowest BCUT2D eigenvalue weighted by Gasteiger charge is -2.20. The predicted octanol–water partition coefficient (Wildman–Crippen LogP) is 6.76. The quantitative estimate of drug-likeness (QED) is 0.0385. The lowest BCUT2D eigenvalue weighted by Crippen LogP contribution is -2.28. The Morgan fingerprint density at radius 2 is 1.34 bits per heavy atom. The SMILES string of the molecule is CCCCC[C@H](O)/C=C/[C@@H]1[C@@H](CC(=O)CCCCC(=O)O[C@@H](CO)COC(=O)CCCCCCCCCCCC(C)C)[C@@H](O)C[C@H]1O. The second kappa shape index (κ2) is 27.1. The van der Waals surface area contributed by atoms with Crippen molar-refractivity contribution in [2.24, 2.45) is 17.8 Å². The minimum absolute atomic E-state index is 0.0499. The Bertz CT molecular complexity index is 858. The second-order valence-electron chi connectivity index (χ2n) is 14.1. The molecular formula is C38H68O9. The van der Waals surface area contributed by atoms with Gasteiger partial charge in [-0.3, -0.25) is 14.4 Å². The fourth-order valence-corrected chi connectivity index (χ4v) is 6.26. The van der Waals surface area contributed by atoms with E-state index in [1.54, 1.807) is 12.2 Å². The number of hydrogen-bond donors (Lipinski definition) is 4.